The van der Waals surface area contributed by atoms with Gasteiger partial charge in [-0.25, -0.2) is 8.42 Å². The van der Waals surface area contributed by atoms with Gasteiger partial charge in [0.2, 0.25) is 0 Å². The number of ether oxygens (including phenoxy) is 1. The summed E-state index contributed by atoms with van der Waals surface area (Å²) in [6.07, 6.45) is -1.13. The predicted molar refractivity (Wildman–Crippen MR) is 110 cm³/mol. The average molecular weight is 423 g/mol. The molecule has 0 saturated carbocycles. The number of sulfonamides is 1. The molecule has 0 radical (unpaired) electrons. The number of nitrogens with one attached hydrogen (secondary N) is 1. The number of hydrogen-bond donors (Lipinski definition) is 3. The van der Waals surface area contributed by atoms with Crippen LogP contribution in [0.4, 0.5) is 5.69 Å². The molecule has 0 aromatic heterocycles. The van der Waals surface area contributed by atoms with E-state index in [9.17, 15) is 18.3 Å². The van der Waals surface area contributed by atoms with Crippen molar-refractivity contribution in [2.45, 2.75) is 30.9 Å². The van der Waals surface area contributed by atoms with Crippen molar-refractivity contribution in [3.8, 4) is 5.75 Å². The van der Waals surface area contributed by atoms with Crippen LogP contribution < -0.4 is 14.4 Å². The number of rotatable bonds is 10. The van der Waals surface area contributed by atoms with Gasteiger partial charge in [-0.2, -0.15) is 0 Å². The highest BCUT2D eigenvalue weighted by atomic mass is 32.2. The maximum Gasteiger partial charge on any atom is 0.320 e. The van der Waals surface area contributed by atoms with Gasteiger partial charge in [0.15, 0.2) is 0 Å². The minimum atomic E-state index is -3.95. The molecule has 0 heterocycles. The number of aliphatic hydroxyl groups excluding tert-OH is 1. The summed E-state index contributed by atoms with van der Waals surface area (Å²) in [5, 5.41) is 22.0. The molecule has 2 aromatic carbocycles. The minimum absolute atomic E-state index is 0.0798. The molecular formula is C20H26N2O6S. The Kier molecular flexibility index (Phi) is 7.60. The third-order valence-corrected chi connectivity index (χ3v) is 6.18. The number of carboxylic acid groups (broad SMARTS) is 1. The van der Waals surface area contributed by atoms with Crippen LogP contribution in [0.25, 0.3) is 0 Å². The van der Waals surface area contributed by atoms with Crippen LogP contribution in [-0.4, -0.2) is 56.9 Å². The summed E-state index contributed by atoms with van der Waals surface area (Å²) in [6, 6.07) is 12.0. The Morgan fingerprint density at radius 2 is 1.72 bits per heavy atom. The van der Waals surface area contributed by atoms with Gasteiger partial charge in [-0.3, -0.25) is 9.10 Å². The SMILES string of the molecule is COc1ccc(N(C[C@H](O)CN[C@H](C)C(=O)O)S(=O)(=O)c2ccc(C)cc2)cc1. The van der Waals surface area contributed by atoms with E-state index in [-0.39, 0.29) is 18.0 Å². The van der Waals surface area contributed by atoms with Crippen LogP contribution >= 0.6 is 0 Å². The normalized spacial score (nSPS) is 13.5. The first-order valence-electron chi connectivity index (χ1n) is 9.03. The molecule has 3 N–H and O–H groups in total. The monoisotopic (exact) mass is 422 g/mol. The molecule has 0 aliphatic carbocycles. The van der Waals surface area contributed by atoms with Crippen molar-refractivity contribution in [3.05, 3.63) is 54.1 Å². The van der Waals surface area contributed by atoms with Crippen molar-refractivity contribution < 1.29 is 28.2 Å². The topological polar surface area (TPSA) is 116 Å². The minimum Gasteiger partial charge on any atom is -0.497 e. The molecule has 0 saturated heterocycles. The van der Waals surface area contributed by atoms with Crippen molar-refractivity contribution >= 4 is 21.7 Å². The maximum atomic E-state index is 13.2. The van der Waals surface area contributed by atoms with Gasteiger partial charge in [0.1, 0.15) is 11.8 Å². The number of aryl methyl sites for hydroxylation is 1. The number of nitrogens with zero attached hydrogens (tertiary/aromatic N) is 1. The molecule has 0 aliphatic heterocycles. The van der Waals surface area contributed by atoms with Gasteiger partial charge in [0, 0.05) is 6.54 Å². The van der Waals surface area contributed by atoms with Crippen molar-refractivity contribution in [3.63, 3.8) is 0 Å². The lowest BCUT2D eigenvalue weighted by Gasteiger charge is -2.27. The second-order valence-electron chi connectivity index (χ2n) is 6.67. The fourth-order valence-electron chi connectivity index (χ4n) is 2.58. The van der Waals surface area contributed by atoms with E-state index in [1.165, 1.54) is 26.2 Å². The number of carbonyl (C=O) groups is 1. The lowest BCUT2D eigenvalue weighted by molar-refractivity contribution is -0.139. The Morgan fingerprint density at radius 1 is 1.14 bits per heavy atom. The number of methoxy groups -OCH3 is 1. The van der Waals surface area contributed by atoms with E-state index in [4.69, 9.17) is 9.84 Å². The Bertz CT molecular complexity index is 913. The number of benzene rings is 2. The summed E-state index contributed by atoms with van der Waals surface area (Å²) in [4.78, 5) is 11.0. The molecule has 8 nitrogen and oxygen atoms in total. The first-order chi connectivity index (χ1) is 13.6. The molecule has 0 spiro atoms. The molecule has 0 unspecified atom stereocenters. The average Bonchev–Trinajstić information content (AvgIpc) is 2.70. The molecule has 0 aliphatic rings. The number of hydrogen-bond acceptors (Lipinski definition) is 6. The molecule has 158 valence electrons. The third-order valence-electron chi connectivity index (χ3n) is 4.38. The fourth-order valence-corrected chi connectivity index (χ4v) is 4.09. The Balaban J connectivity index is 2.32. The standard InChI is InChI=1S/C20H26N2O6S/c1-14-4-10-19(11-5-14)29(26,27)22(16-6-8-18(28-3)9-7-16)13-17(23)12-21-15(2)20(24)25/h4-11,15,17,21,23H,12-13H2,1-3H3,(H,24,25)/t15-,17-/m1/s1. The van der Waals surface area contributed by atoms with Crippen LogP contribution in [0.15, 0.2) is 53.4 Å². The Labute approximate surface area is 170 Å². The van der Waals surface area contributed by atoms with E-state index in [2.05, 4.69) is 5.32 Å². The summed E-state index contributed by atoms with van der Waals surface area (Å²) in [5.74, 6) is -0.490. The quantitative estimate of drug-likeness (QED) is 0.533. The number of aliphatic hydroxyl groups is 1. The molecular weight excluding hydrogens is 396 g/mol. The summed E-state index contributed by atoms with van der Waals surface area (Å²) in [5.41, 5.74) is 1.28. The van der Waals surface area contributed by atoms with Crippen molar-refractivity contribution in [1.29, 1.82) is 0 Å². The van der Waals surface area contributed by atoms with Gasteiger partial charge < -0.3 is 20.3 Å². The lowest BCUT2D eigenvalue weighted by atomic mass is 10.2. The van der Waals surface area contributed by atoms with Crippen LogP contribution in [0.2, 0.25) is 0 Å². The van der Waals surface area contributed by atoms with Gasteiger partial charge in [-0.1, -0.05) is 17.7 Å². The third kappa shape index (κ3) is 5.93. The largest absolute Gasteiger partial charge is 0.497 e. The van der Waals surface area contributed by atoms with E-state index in [1.807, 2.05) is 6.92 Å². The zero-order chi connectivity index (χ0) is 21.6. The Hall–Kier alpha value is -2.62. The molecule has 9 heteroatoms. The summed E-state index contributed by atoms with van der Waals surface area (Å²) >= 11 is 0. The zero-order valence-corrected chi connectivity index (χ0v) is 17.4. The first-order valence-corrected chi connectivity index (χ1v) is 10.5. The highest BCUT2D eigenvalue weighted by Crippen LogP contribution is 2.26. The maximum absolute atomic E-state index is 13.2. The zero-order valence-electron chi connectivity index (χ0n) is 16.6. The fraction of sp³-hybridized carbons (Fsp3) is 0.350. The molecule has 0 amide bonds. The van der Waals surface area contributed by atoms with E-state index in [0.717, 1.165) is 9.87 Å². The van der Waals surface area contributed by atoms with Gasteiger partial charge >= 0.3 is 5.97 Å². The van der Waals surface area contributed by atoms with Crippen LogP contribution in [0.3, 0.4) is 0 Å². The summed E-state index contributed by atoms with van der Waals surface area (Å²) in [7, 11) is -2.44. The van der Waals surface area contributed by atoms with Crippen molar-refractivity contribution in [1.82, 2.24) is 5.32 Å². The predicted octanol–water partition coefficient (Wildman–Crippen LogP) is 1.62. The lowest BCUT2D eigenvalue weighted by Crippen LogP contribution is -2.45. The van der Waals surface area contributed by atoms with E-state index < -0.39 is 28.1 Å². The number of aliphatic carboxylic acids is 1. The van der Waals surface area contributed by atoms with Gasteiger partial charge in [0.05, 0.1) is 30.3 Å². The highest BCUT2D eigenvalue weighted by molar-refractivity contribution is 7.92. The van der Waals surface area contributed by atoms with Crippen LogP contribution in [-0.2, 0) is 14.8 Å². The van der Waals surface area contributed by atoms with E-state index >= 15 is 0 Å². The molecule has 2 rings (SSSR count). The van der Waals surface area contributed by atoms with Crippen molar-refractivity contribution in [2.24, 2.45) is 0 Å². The smallest absolute Gasteiger partial charge is 0.320 e. The number of anilines is 1. The van der Waals surface area contributed by atoms with Gasteiger partial charge in [0.25, 0.3) is 10.0 Å². The second-order valence-corrected chi connectivity index (χ2v) is 8.53. The van der Waals surface area contributed by atoms with Gasteiger partial charge in [-0.05, 0) is 50.2 Å². The molecule has 2 aromatic rings. The van der Waals surface area contributed by atoms with Crippen molar-refractivity contribution in [2.75, 3.05) is 24.5 Å². The second kappa shape index (κ2) is 9.73. The van der Waals surface area contributed by atoms with Gasteiger partial charge in [-0.15, -0.1) is 0 Å². The summed E-state index contributed by atoms with van der Waals surface area (Å²) < 4.78 is 32.7. The number of carboxylic acids is 1. The highest BCUT2D eigenvalue weighted by Gasteiger charge is 2.27. The molecule has 2 atom stereocenters. The van der Waals surface area contributed by atoms with Crippen LogP contribution in [0, 0.1) is 6.92 Å². The molecule has 29 heavy (non-hydrogen) atoms. The Morgan fingerprint density at radius 3 is 2.24 bits per heavy atom. The van der Waals surface area contributed by atoms with Crippen LogP contribution in [0.5, 0.6) is 5.75 Å². The van der Waals surface area contributed by atoms with E-state index in [0.29, 0.717) is 11.4 Å². The van der Waals surface area contributed by atoms with Crippen LogP contribution in [0.1, 0.15) is 12.5 Å². The first kappa shape index (κ1) is 22.7. The molecule has 0 fully saturated rings. The summed E-state index contributed by atoms with van der Waals surface area (Å²) in [6.45, 7) is 2.97. The van der Waals surface area contributed by atoms with E-state index in [1.54, 1.807) is 36.4 Å². The molecule has 0 bridgehead atoms.